The Bertz CT molecular complexity index is 1150. The molecule has 0 spiro atoms. The van der Waals surface area contributed by atoms with E-state index in [1.165, 1.54) is 6.21 Å². The SMILES string of the molecule is Oc1ccccc1/C=N/Nc1nc(-c2ccccc2)cc(-c2ccc(Br)cc2)n1. The van der Waals surface area contributed by atoms with Gasteiger partial charge in [0.15, 0.2) is 0 Å². The van der Waals surface area contributed by atoms with Crippen molar-refractivity contribution in [3.63, 3.8) is 0 Å². The van der Waals surface area contributed by atoms with Crippen molar-refractivity contribution in [2.45, 2.75) is 0 Å². The smallest absolute Gasteiger partial charge is 0.244 e. The predicted molar refractivity (Wildman–Crippen MR) is 120 cm³/mol. The molecular weight excluding hydrogens is 428 g/mol. The van der Waals surface area contributed by atoms with Gasteiger partial charge in [-0.1, -0.05) is 70.5 Å². The number of aromatic hydroxyl groups is 1. The predicted octanol–water partition coefficient (Wildman–Crippen LogP) is 5.72. The third-order valence-corrected chi connectivity index (χ3v) is 4.77. The monoisotopic (exact) mass is 444 g/mol. The van der Waals surface area contributed by atoms with Crippen LogP contribution in [0.2, 0.25) is 0 Å². The number of phenolic OH excluding ortho intramolecular Hbond substituents is 1. The molecule has 0 aliphatic rings. The quantitative estimate of drug-likeness (QED) is 0.304. The first-order chi connectivity index (χ1) is 14.2. The molecule has 142 valence electrons. The standard InChI is InChI=1S/C23H17BrN4O/c24-19-12-10-17(11-13-19)21-14-20(16-6-2-1-3-7-16)26-23(27-21)28-25-15-18-8-4-5-9-22(18)29/h1-15,29H,(H,26,27,28)/b25-15+. The van der Waals surface area contributed by atoms with Crippen molar-refractivity contribution in [1.82, 2.24) is 9.97 Å². The first kappa shape index (κ1) is 18.8. The summed E-state index contributed by atoms with van der Waals surface area (Å²) < 4.78 is 1.00. The molecule has 4 rings (SSSR count). The first-order valence-electron chi connectivity index (χ1n) is 8.96. The maximum Gasteiger partial charge on any atom is 0.244 e. The molecule has 29 heavy (non-hydrogen) atoms. The van der Waals surface area contributed by atoms with Crippen LogP contribution in [0.3, 0.4) is 0 Å². The molecule has 1 heterocycles. The number of hydrogen-bond donors (Lipinski definition) is 2. The van der Waals surface area contributed by atoms with E-state index in [0.717, 1.165) is 27.0 Å². The average Bonchev–Trinajstić information content (AvgIpc) is 2.76. The van der Waals surface area contributed by atoms with Crippen LogP contribution in [0, 0.1) is 0 Å². The molecule has 0 bridgehead atoms. The Labute approximate surface area is 176 Å². The van der Waals surface area contributed by atoms with E-state index >= 15 is 0 Å². The van der Waals surface area contributed by atoms with Gasteiger partial charge in [-0.05, 0) is 30.3 Å². The van der Waals surface area contributed by atoms with Crippen LogP contribution in [0.5, 0.6) is 5.75 Å². The Balaban J connectivity index is 1.69. The second-order valence-corrected chi connectivity index (χ2v) is 7.18. The Kier molecular flexibility index (Phi) is 5.63. The number of benzene rings is 3. The van der Waals surface area contributed by atoms with Gasteiger partial charge in [0.2, 0.25) is 5.95 Å². The molecule has 0 aliphatic carbocycles. The maximum atomic E-state index is 9.86. The summed E-state index contributed by atoms with van der Waals surface area (Å²) in [6, 6.07) is 26.8. The number of aromatic nitrogens is 2. The second kappa shape index (κ2) is 8.67. The highest BCUT2D eigenvalue weighted by atomic mass is 79.9. The molecule has 1 aromatic heterocycles. The van der Waals surface area contributed by atoms with Crippen molar-refractivity contribution < 1.29 is 5.11 Å². The summed E-state index contributed by atoms with van der Waals surface area (Å²) in [5, 5.41) is 14.1. The molecular formula is C23H17BrN4O. The largest absolute Gasteiger partial charge is 0.507 e. The van der Waals surface area contributed by atoms with Crippen molar-refractivity contribution in [1.29, 1.82) is 0 Å². The molecule has 5 nitrogen and oxygen atoms in total. The number of hydrazone groups is 1. The molecule has 4 aromatic rings. The minimum absolute atomic E-state index is 0.160. The fraction of sp³-hybridized carbons (Fsp3) is 0. The van der Waals surface area contributed by atoms with Crippen molar-refractivity contribution in [2.24, 2.45) is 5.10 Å². The van der Waals surface area contributed by atoms with Gasteiger partial charge in [0.05, 0.1) is 17.6 Å². The van der Waals surface area contributed by atoms with Gasteiger partial charge in [-0.3, -0.25) is 0 Å². The van der Waals surface area contributed by atoms with Gasteiger partial charge in [-0.15, -0.1) is 0 Å². The molecule has 0 atom stereocenters. The zero-order valence-electron chi connectivity index (χ0n) is 15.3. The molecule has 2 N–H and O–H groups in total. The maximum absolute atomic E-state index is 9.86. The number of anilines is 1. The van der Waals surface area contributed by atoms with E-state index in [-0.39, 0.29) is 5.75 Å². The fourth-order valence-corrected chi connectivity index (χ4v) is 3.04. The summed E-state index contributed by atoms with van der Waals surface area (Å²) in [4.78, 5) is 9.19. The minimum atomic E-state index is 0.160. The normalized spacial score (nSPS) is 10.9. The Morgan fingerprint density at radius 2 is 1.41 bits per heavy atom. The van der Waals surface area contributed by atoms with E-state index in [1.807, 2.05) is 66.7 Å². The summed E-state index contributed by atoms with van der Waals surface area (Å²) >= 11 is 3.46. The van der Waals surface area contributed by atoms with Gasteiger partial charge in [0.1, 0.15) is 5.75 Å². The lowest BCUT2D eigenvalue weighted by molar-refractivity contribution is 0.474. The molecule has 0 aliphatic heterocycles. The molecule has 0 fully saturated rings. The van der Waals surface area contributed by atoms with Crippen LogP contribution in [0.1, 0.15) is 5.56 Å². The zero-order valence-corrected chi connectivity index (χ0v) is 16.9. The number of para-hydroxylation sites is 1. The topological polar surface area (TPSA) is 70.4 Å². The van der Waals surface area contributed by atoms with Gasteiger partial charge >= 0.3 is 0 Å². The van der Waals surface area contributed by atoms with Gasteiger partial charge in [-0.2, -0.15) is 5.10 Å². The lowest BCUT2D eigenvalue weighted by atomic mass is 10.1. The zero-order chi connectivity index (χ0) is 20.1. The highest BCUT2D eigenvalue weighted by molar-refractivity contribution is 9.10. The van der Waals surface area contributed by atoms with Crippen molar-refractivity contribution in [2.75, 3.05) is 5.43 Å². The van der Waals surface area contributed by atoms with Crippen LogP contribution in [0.15, 0.2) is 94.5 Å². The molecule has 0 saturated heterocycles. The Hall–Kier alpha value is -3.51. The van der Waals surface area contributed by atoms with Crippen LogP contribution in [0.25, 0.3) is 22.5 Å². The van der Waals surface area contributed by atoms with Gasteiger partial charge in [0.25, 0.3) is 0 Å². The number of halogens is 1. The third kappa shape index (κ3) is 4.67. The number of nitrogens with one attached hydrogen (secondary N) is 1. The lowest BCUT2D eigenvalue weighted by Crippen LogP contribution is -2.00. The van der Waals surface area contributed by atoms with Crippen molar-refractivity contribution in [3.8, 4) is 28.3 Å². The minimum Gasteiger partial charge on any atom is -0.507 e. The molecule has 0 amide bonds. The lowest BCUT2D eigenvalue weighted by Gasteiger charge is -2.08. The summed E-state index contributed by atoms with van der Waals surface area (Å²) in [6.07, 6.45) is 1.53. The van der Waals surface area contributed by atoms with Gasteiger partial charge in [0, 0.05) is 21.2 Å². The van der Waals surface area contributed by atoms with Crippen LogP contribution in [0.4, 0.5) is 5.95 Å². The van der Waals surface area contributed by atoms with Crippen LogP contribution >= 0.6 is 15.9 Å². The van der Waals surface area contributed by atoms with E-state index < -0.39 is 0 Å². The fourth-order valence-electron chi connectivity index (χ4n) is 2.78. The second-order valence-electron chi connectivity index (χ2n) is 6.26. The van der Waals surface area contributed by atoms with E-state index in [0.29, 0.717) is 11.5 Å². The van der Waals surface area contributed by atoms with Gasteiger partial charge < -0.3 is 5.11 Å². The number of hydrogen-bond acceptors (Lipinski definition) is 5. The van der Waals surface area contributed by atoms with E-state index in [1.54, 1.807) is 18.2 Å². The third-order valence-electron chi connectivity index (χ3n) is 4.24. The van der Waals surface area contributed by atoms with Crippen molar-refractivity contribution in [3.05, 3.63) is 95.0 Å². The molecule has 0 radical (unpaired) electrons. The Morgan fingerprint density at radius 1 is 0.793 bits per heavy atom. The molecule has 3 aromatic carbocycles. The molecule has 0 unspecified atom stereocenters. The number of nitrogens with zero attached hydrogens (tertiary/aromatic N) is 3. The average molecular weight is 445 g/mol. The van der Waals surface area contributed by atoms with Crippen LogP contribution in [-0.2, 0) is 0 Å². The first-order valence-corrected chi connectivity index (χ1v) is 9.76. The summed E-state index contributed by atoms with van der Waals surface area (Å²) in [5.74, 6) is 0.531. The highest BCUT2D eigenvalue weighted by Gasteiger charge is 2.08. The number of phenols is 1. The van der Waals surface area contributed by atoms with Crippen molar-refractivity contribution >= 4 is 28.1 Å². The molecule has 6 heteroatoms. The molecule has 0 saturated carbocycles. The van der Waals surface area contributed by atoms with Gasteiger partial charge in [-0.25, -0.2) is 15.4 Å². The van der Waals surface area contributed by atoms with E-state index in [2.05, 4.69) is 36.4 Å². The van der Waals surface area contributed by atoms with Crippen LogP contribution in [-0.4, -0.2) is 21.3 Å². The summed E-state index contributed by atoms with van der Waals surface area (Å²) in [5.41, 5.74) is 7.02. The van der Waals surface area contributed by atoms with Crippen LogP contribution < -0.4 is 5.43 Å². The number of rotatable bonds is 5. The summed E-state index contributed by atoms with van der Waals surface area (Å²) in [7, 11) is 0. The van der Waals surface area contributed by atoms with E-state index in [9.17, 15) is 5.11 Å². The summed E-state index contributed by atoms with van der Waals surface area (Å²) in [6.45, 7) is 0. The van der Waals surface area contributed by atoms with E-state index in [4.69, 9.17) is 0 Å². The highest BCUT2D eigenvalue weighted by Crippen LogP contribution is 2.26. The Morgan fingerprint density at radius 3 is 2.10 bits per heavy atom.